The quantitative estimate of drug-likeness (QED) is 0.900. The van der Waals surface area contributed by atoms with Gasteiger partial charge < -0.3 is 10.6 Å². The number of halogens is 3. The largest absolute Gasteiger partial charge is 0.393 e. The summed E-state index contributed by atoms with van der Waals surface area (Å²) < 4.78 is 38.3. The van der Waals surface area contributed by atoms with Crippen LogP contribution in [-0.4, -0.2) is 24.2 Å². The number of aryl methyl sites for hydroxylation is 1. The molecule has 0 radical (unpaired) electrons. The number of nitrogens with zero attached hydrogens (tertiary/aromatic N) is 2. The number of piperidine rings is 1. The van der Waals surface area contributed by atoms with Crippen LogP contribution in [0.25, 0.3) is 0 Å². The second-order valence-corrected chi connectivity index (χ2v) is 4.94. The van der Waals surface area contributed by atoms with E-state index in [2.05, 4.69) is 4.98 Å². The van der Waals surface area contributed by atoms with Crippen LogP contribution in [0.3, 0.4) is 0 Å². The van der Waals surface area contributed by atoms with Crippen molar-refractivity contribution < 1.29 is 13.2 Å². The molecule has 0 aliphatic carbocycles. The van der Waals surface area contributed by atoms with Gasteiger partial charge in [0.2, 0.25) is 0 Å². The van der Waals surface area contributed by atoms with E-state index in [1.54, 1.807) is 11.0 Å². The first-order valence-electron chi connectivity index (χ1n) is 6.40. The first-order valence-corrected chi connectivity index (χ1v) is 6.40. The number of nitrogens with two attached hydrogens (primary N) is 1. The average Bonchev–Trinajstić information content (AvgIpc) is 2.38. The topological polar surface area (TPSA) is 42.2 Å². The Morgan fingerprint density at radius 1 is 1.42 bits per heavy atom. The lowest BCUT2D eigenvalue weighted by Gasteiger charge is -2.34. The van der Waals surface area contributed by atoms with Crippen molar-refractivity contribution in [1.82, 2.24) is 4.98 Å². The molecule has 0 amide bonds. The van der Waals surface area contributed by atoms with Crippen LogP contribution in [0.4, 0.5) is 19.0 Å². The van der Waals surface area contributed by atoms with Gasteiger partial charge in [-0.15, -0.1) is 0 Å². The minimum atomic E-state index is -4.12. The van der Waals surface area contributed by atoms with Crippen molar-refractivity contribution in [2.45, 2.75) is 32.5 Å². The number of hydrogen-bond acceptors (Lipinski definition) is 3. The SMILES string of the molecule is Cc1nc(N2CCCC(C(F)(F)F)C2)ccc1CN. The van der Waals surface area contributed by atoms with Gasteiger partial charge in [-0.1, -0.05) is 6.07 Å². The maximum atomic E-state index is 12.8. The Bertz CT molecular complexity index is 445. The molecule has 1 aliphatic rings. The molecular weight excluding hydrogens is 255 g/mol. The van der Waals surface area contributed by atoms with Crippen molar-refractivity contribution in [3.8, 4) is 0 Å². The van der Waals surface area contributed by atoms with Crippen LogP contribution in [0.15, 0.2) is 12.1 Å². The maximum absolute atomic E-state index is 12.8. The van der Waals surface area contributed by atoms with E-state index in [1.165, 1.54) is 0 Å². The zero-order chi connectivity index (χ0) is 14.0. The minimum absolute atomic E-state index is 0.00207. The fourth-order valence-electron chi connectivity index (χ4n) is 2.42. The van der Waals surface area contributed by atoms with Crippen molar-refractivity contribution in [2.24, 2.45) is 11.7 Å². The molecule has 3 nitrogen and oxygen atoms in total. The standard InChI is InChI=1S/C13H18F3N3/c1-9-10(7-17)4-5-12(18-9)19-6-2-3-11(8-19)13(14,15)16/h4-5,11H,2-3,6-8,17H2,1H3. The number of anilines is 1. The molecule has 1 unspecified atom stereocenters. The van der Waals surface area contributed by atoms with Crippen molar-refractivity contribution >= 4 is 5.82 Å². The van der Waals surface area contributed by atoms with Crippen LogP contribution < -0.4 is 10.6 Å². The molecule has 1 fully saturated rings. The molecule has 6 heteroatoms. The third-order valence-electron chi connectivity index (χ3n) is 3.61. The Morgan fingerprint density at radius 2 is 2.16 bits per heavy atom. The fourth-order valence-corrected chi connectivity index (χ4v) is 2.42. The second kappa shape index (κ2) is 5.36. The van der Waals surface area contributed by atoms with Crippen LogP contribution in [0.1, 0.15) is 24.1 Å². The van der Waals surface area contributed by atoms with E-state index >= 15 is 0 Å². The molecule has 0 aromatic carbocycles. The van der Waals surface area contributed by atoms with Crippen LogP contribution in [0.2, 0.25) is 0 Å². The molecule has 2 N–H and O–H groups in total. The van der Waals surface area contributed by atoms with Crippen LogP contribution in [-0.2, 0) is 6.54 Å². The van der Waals surface area contributed by atoms with Gasteiger partial charge in [0, 0.05) is 25.3 Å². The highest BCUT2D eigenvalue weighted by molar-refractivity contribution is 5.42. The van der Waals surface area contributed by atoms with E-state index in [0.29, 0.717) is 25.3 Å². The zero-order valence-electron chi connectivity index (χ0n) is 10.9. The van der Waals surface area contributed by atoms with E-state index in [4.69, 9.17) is 5.73 Å². The summed E-state index contributed by atoms with van der Waals surface area (Å²) in [7, 11) is 0. The Kier molecular flexibility index (Phi) is 3.99. The third-order valence-corrected chi connectivity index (χ3v) is 3.61. The summed E-state index contributed by atoms with van der Waals surface area (Å²) in [6.45, 7) is 2.85. The summed E-state index contributed by atoms with van der Waals surface area (Å²) in [5, 5.41) is 0. The highest BCUT2D eigenvalue weighted by Crippen LogP contribution is 2.34. The molecular formula is C13H18F3N3. The summed E-state index contributed by atoms with van der Waals surface area (Å²) in [6, 6.07) is 3.60. The molecule has 2 rings (SSSR count). The molecule has 1 atom stereocenters. The van der Waals surface area contributed by atoms with Crippen molar-refractivity contribution in [3.63, 3.8) is 0 Å². The monoisotopic (exact) mass is 273 g/mol. The minimum Gasteiger partial charge on any atom is -0.356 e. The van der Waals surface area contributed by atoms with Gasteiger partial charge in [0.05, 0.1) is 5.92 Å². The smallest absolute Gasteiger partial charge is 0.356 e. The molecule has 19 heavy (non-hydrogen) atoms. The molecule has 1 aromatic rings. The number of aromatic nitrogens is 1. The number of alkyl halides is 3. The van der Waals surface area contributed by atoms with E-state index in [1.807, 2.05) is 13.0 Å². The predicted octanol–water partition coefficient (Wildman–Crippen LogP) is 2.63. The van der Waals surface area contributed by atoms with E-state index in [-0.39, 0.29) is 13.0 Å². The maximum Gasteiger partial charge on any atom is 0.393 e. The Balaban J connectivity index is 2.15. The average molecular weight is 273 g/mol. The van der Waals surface area contributed by atoms with Crippen LogP contribution >= 0.6 is 0 Å². The molecule has 0 saturated carbocycles. The number of pyridine rings is 1. The number of hydrogen-bond donors (Lipinski definition) is 1. The summed E-state index contributed by atoms with van der Waals surface area (Å²) >= 11 is 0. The van der Waals surface area contributed by atoms with Gasteiger partial charge in [-0.3, -0.25) is 0 Å². The molecule has 0 spiro atoms. The first kappa shape index (κ1) is 14.1. The first-order chi connectivity index (χ1) is 8.91. The normalized spacial score (nSPS) is 20.7. The Labute approximate surface area is 110 Å². The predicted molar refractivity (Wildman–Crippen MR) is 67.9 cm³/mol. The van der Waals surface area contributed by atoms with Crippen molar-refractivity contribution in [2.75, 3.05) is 18.0 Å². The Hall–Kier alpha value is -1.30. The molecule has 1 saturated heterocycles. The van der Waals surface area contributed by atoms with Gasteiger partial charge in [0.15, 0.2) is 0 Å². The summed E-state index contributed by atoms with van der Waals surface area (Å²) in [6.07, 6.45) is -3.37. The van der Waals surface area contributed by atoms with Crippen molar-refractivity contribution in [3.05, 3.63) is 23.4 Å². The van der Waals surface area contributed by atoms with Crippen LogP contribution in [0, 0.1) is 12.8 Å². The van der Waals surface area contributed by atoms with E-state index < -0.39 is 12.1 Å². The zero-order valence-corrected chi connectivity index (χ0v) is 10.9. The van der Waals surface area contributed by atoms with Crippen LogP contribution in [0.5, 0.6) is 0 Å². The van der Waals surface area contributed by atoms with Gasteiger partial charge in [-0.2, -0.15) is 13.2 Å². The summed E-state index contributed by atoms with van der Waals surface area (Å²) in [5.41, 5.74) is 7.27. The lowest BCUT2D eigenvalue weighted by molar-refractivity contribution is -0.176. The van der Waals surface area contributed by atoms with Gasteiger partial charge in [0.25, 0.3) is 0 Å². The molecule has 2 heterocycles. The van der Waals surface area contributed by atoms with Gasteiger partial charge in [-0.25, -0.2) is 4.98 Å². The lowest BCUT2D eigenvalue weighted by Crippen LogP contribution is -2.42. The van der Waals surface area contributed by atoms with E-state index in [9.17, 15) is 13.2 Å². The summed E-state index contributed by atoms with van der Waals surface area (Å²) in [4.78, 5) is 6.08. The fraction of sp³-hybridized carbons (Fsp3) is 0.615. The third kappa shape index (κ3) is 3.18. The van der Waals surface area contributed by atoms with Gasteiger partial charge in [0.1, 0.15) is 5.82 Å². The van der Waals surface area contributed by atoms with Crippen molar-refractivity contribution in [1.29, 1.82) is 0 Å². The highest BCUT2D eigenvalue weighted by atomic mass is 19.4. The highest BCUT2D eigenvalue weighted by Gasteiger charge is 2.42. The molecule has 1 aliphatic heterocycles. The van der Waals surface area contributed by atoms with Gasteiger partial charge >= 0.3 is 6.18 Å². The molecule has 106 valence electrons. The summed E-state index contributed by atoms with van der Waals surface area (Å²) in [5.74, 6) is -0.638. The second-order valence-electron chi connectivity index (χ2n) is 4.94. The van der Waals surface area contributed by atoms with E-state index in [0.717, 1.165) is 11.3 Å². The van der Waals surface area contributed by atoms with Gasteiger partial charge in [-0.05, 0) is 31.4 Å². The number of rotatable bonds is 2. The Morgan fingerprint density at radius 3 is 2.74 bits per heavy atom. The lowest BCUT2D eigenvalue weighted by atomic mass is 9.97. The molecule has 0 bridgehead atoms. The molecule has 1 aromatic heterocycles.